The van der Waals surface area contributed by atoms with Crippen molar-refractivity contribution in [1.29, 1.82) is 5.26 Å². The van der Waals surface area contributed by atoms with E-state index >= 15 is 0 Å². The number of unbranched alkanes of at least 4 members (excludes halogenated alkanes) is 1. The lowest BCUT2D eigenvalue weighted by atomic mass is 10.1. The molecule has 1 aromatic carbocycles. The van der Waals surface area contributed by atoms with Gasteiger partial charge in [-0.15, -0.1) is 0 Å². The van der Waals surface area contributed by atoms with Gasteiger partial charge in [0.1, 0.15) is 11.8 Å². The molecular weight excluding hydrogens is 302 g/mol. The largest absolute Gasteiger partial charge is 0.494 e. The highest BCUT2D eigenvalue weighted by Gasteiger charge is 2.18. The van der Waals surface area contributed by atoms with Crippen LogP contribution in [0.25, 0.3) is 0 Å². The minimum Gasteiger partial charge on any atom is -0.494 e. The van der Waals surface area contributed by atoms with Gasteiger partial charge >= 0.3 is 5.84 Å². The highest BCUT2D eigenvalue weighted by Crippen LogP contribution is 2.17. The average Bonchev–Trinajstić information content (AvgIpc) is 2.63. The normalized spacial score (nSPS) is 14.8. The maximum absolute atomic E-state index is 9.33. The van der Waals surface area contributed by atoms with Crippen LogP contribution < -0.4 is 15.9 Å². The summed E-state index contributed by atoms with van der Waals surface area (Å²) in [6.07, 6.45) is 5.54. The first kappa shape index (κ1) is 17.8. The van der Waals surface area contributed by atoms with Gasteiger partial charge in [0.15, 0.2) is 0 Å². The van der Waals surface area contributed by atoms with E-state index in [1.54, 1.807) is 0 Å². The molecule has 24 heavy (non-hydrogen) atoms. The van der Waals surface area contributed by atoms with Crippen molar-refractivity contribution >= 4 is 17.2 Å². The van der Waals surface area contributed by atoms with E-state index < -0.39 is 0 Å². The molecule has 0 aliphatic carbocycles. The van der Waals surface area contributed by atoms with Gasteiger partial charge in [0.05, 0.1) is 25.4 Å². The molecule has 0 spiro atoms. The Balaban J connectivity index is 2.05. The summed E-state index contributed by atoms with van der Waals surface area (Å²) in [7, 11) is 0. The molecule has 0 aromatic heterocycles. The Morgan fingerprint density at radius 2 is 2.17 bits per heavy atom. The third kappa shape index (κ3) is 5.27. The zero-order valence-corrected chi connectivity index (χ0v) is 14.3. The fraction of sp³-hybridized carbons (Fsp3) is 0.500. The number of hydrogen-bond donors (Lipinski definition) is 2. The third-order valence-electron chi connectivity index (χ3n) is 3.94. The number of nitriles is 1. The van der Waals surface area contributed by atoms with Gasteiger partial charge in [-0.3, -0.25) is 15.7 Å². The van der Waals surface area contributed by atoms with Gasteiger partial charge in [-0.25, -0.2) is 0 Å². The number of benzene rings is 1. The summed E-state index contributed by atoms with van der Waals surface area (Å²) in [5.74, 6) is 1.23. The Labute approximate surface area is 143 Å². The Morgan fingerprint density at radius 3 is 2.88 bits per heavy atom. The topological polar surface area (TPSA) is 86.4 Å². The van der Waals surface area contributed by atoms with E-state index in [4.69, 9.17) is 10.5 Å². The minimum absolute atomic E-state index is 0.217. The van der Waals surface area contributed by atoms with Crippen molar-refractivity contribution in [2.75, 3.05) is 25.1 Å². The van der Waals surface area contributed by atoms with E-state index in [9.17, 15) is 5.26 Å². The number of hydrogen-bond acceptors (Lipinski definition) is 4. The lowest BCUT2D eigenvalue weighted by molar-refractivity contribution is -0.536. The van der Waals surface area contributed by atoms with Gasteiger partial charge in [-0.2, -0.15) is 10.4 Å². The van der Waals surface area contributed by atoms with Gasteiger partial charge in [0, 0.05) is 6.07 Å². The zero-order chi connectivity index (χ0) is 17.2. The van der Waals surface area contributed by atoms with Gasteiger partial charge in [-0.1, -0.05) is 19.4 Å². The first-order valence-electron chi connectivity index (χ1n) is 8.59. The van der Waals surface area contributed by atoms with Gasteiger partial charge in [-0.05, 0) is 37.8 Å². The molecule has 1 aliphatic rings. The summed E-state index contributed by atoms with van der Waals surface area (Å²) >= 11 is 0. The number of ether oxygens (including phenoxy) is 1. The van der Waals surface area contributed by atoms with Crippen molar-refractivity contribution in [3.63, 3.8) is 0 Å². The van der Waals surface area contributed by atoms with E-state index in [1.807, 2.05) is 28.8 Å². The maximum Gasteiger partial charge on any atom is 0.306 e. The number of nitrogens with zero attached hydrogens (tertiary/aromatic N) is 3. The van der Waals surface area contributed by atoms with Crippen LogP contribution in [0, 0.1) is 11.3 Å². The molecular formula is C18H26N5O+. The molecule has 128 valence electrons. The molecule has 0 unspecified atom stereocenters. The van der Waals surface area contributed by atoms with Crippen LogP contribution >= 0.6 is 0 Å². The summed E-state index contributed by atoms with van der Waals surface area (Å²) < 4.78 is 7.70. The number of piperidine rings is 1. The standard InChI is InChI=1S/C18H25N5O/c1-2-3-12-24-16-9-7-8-15(13-16)21-22-17(14-19)18(20)23-10-5-4-6-11-23/h7-9,13H,2-6,10-12H2,1H3,(H2,20,21)/p+1. The lowest BCUT2D eigenvalue weighted by Gasteiger charge is -2.14. The van der Waals surface area contributed by atoms with Crippen LogP contribution in [-0.2, 0) is 0 Å². The van der Waals surface area contributed by atoms with E-state index in [0.717, 1.165) is 50.2 Å². The average molecular weight is 328 g/mol. The fourth-order valence-corrected chi connectivity index (χ4v) is 2.53. The molecule has 0 amide bonds. The van der Waals surface area contributed by atoms with E-state index in [-0.39, 0.29) is 5.71 Å². The van der Waals surface area contributed by atoms with Crippen molar-refractivity contribution in [3.05, 3.63) is 24.3 Å². The lowest BCUT2D eigenvalue weighted by Crippen LogP contribution is -2.38. The highest BCUT2D eigenvalue weighted by molar-refractivity contribution is 6.45. The monoisotopic (exact) mass is 328 g/mol. The van der Waals surface area contributed by atoms with E-state index in [2.05, 4.69) is 23.5 Å². The fourth-order valence-electron chi connectivity index (χ4n) is 2.53. The summed E-state index contributed by atoms with van der Waals surface area (Å²) in [6.45, 7) is 4.59. The van der Waals surface area contributed by atoms with Crippen molar-refractivity contribution in [1.82, 2.24) is 0 Å². The SMILES string of the molecule is CCCCOc1cccc(N/N=C(/C#N)C(N)=[N+]2CCCCC2)c1. The predicted octanol–water partition coefficient (Wildman–Crippen LogP) is 2.71. The Bertz CT molecular complexity index is 637. The van der Waals surface area contributed by atoms with Crippen molar-refractivity contribution in [2.45, 2.75) is 39.0 Å². The van der Waals surface area contributed by atoms with Crippen LogP contribution in [0.3, 0.4) is 0 Å². The first-order valence-corrected chi connectivity index (χ1v) is 8.59. The van der Waals surface area contributed by atoms with E-state index in [0.29, 0.717) is 12.4 Å². The van der Waals surface area contributed by atoms with E-state index in [1.165, 1.54) is 6.42 Å². The van der Waals surface area contributed by atoms with Crippen LogP contribution in [0.5, 0.6) is 5.75 Å². The second kappa shape index (κ2) is 9.56. The smallest absolute Gasteiger partial charge is 0.306 e. The molecule has 1 aromatic rings. The number of nitrogens with one attached hydrogen (secondary N) is 1. The third-order valence-corrected chi connectivity index (χ3v) is 3.94. The Morgan fingerprint density at radius 1 is 1.38 bits per heavy atom. The molecule has 3 N–H and O–H groups in total. The summed E-state index contributed by atoms with van der Waals surface area (Å²) in [4.78, 5) is 0. The second-order valence-electron chi connectivity index (χ2n) is 5.85. The molecule has 0 atom stereocenters. The van der Waals surface area contributed by atoms with Crippen LogP contribution in [0.2, 0.25) is 0 Å². The number of amidine groups is 1. The molecule has 1 aliphatic heterocycles. The molecule has 6 heteroatoms. The summed E-state index contributed by atoms with van der Waals surface area (Å²) in [5, 5.41) is 13.5. The number of hydrazone groups is 1. The Hall–Kier alpha value is -2.55. The number of anilines is 1. The molecule has 0 radical (unpaired) electrons. The molecule has 0 bridgehead atoms. The molecule has 0 saturated carbocycles. The molecule has 1 fully saturated rings. The van der Waals surface area contributed by atoms with Crippen LogP contribution in [-0.4, -0.2) is 35.8 Å². The zero-order valence-electron chi connectivity index (χ0n) is 14.3. The predicted molar refractivity (Wildman–Crippen MR) is 96.6 cm³/mol. The van der Waals surface area contributed by atoms with Crippen molar-refractivity contribution in [2.24, 2.45) is 10.8 Å². The molecule has 1 saturated heterocycles. The maximum atomic E-state index is 9.33. The van der Waals surface area contributed by atoms with Crippen molar-refractivity contribution in [3.8, 4) is 11.8 Å². The number of rotatable bonds is 7. The summed E-state index contributed by atoms with van der Waals surface area (Å²) in [6, 6.07) is 9.62. The first-order chi connectivity index (χ1) is 11.7. The van der Waals surface area contributed by atoms with Gasteiger partial charge in [0.2, 0.25) is 5.71 Å². The van der Waals surface area contributed by atoms with Gasteiger partial charge in [0.25, 0.3) is 0 Å². The molecule has 2 rings (SSSR count). The minimum atomic E-state index is 0.217. The number of nitrogens with two attached hydrogens (primary N) is 1. The molecule has 6 nitrogen and oxygen atoms in total. The quantitative estimate of drug-likeness (QED) is 0.265. The van der Waals surface area contributed by atoms with Crippen molar-refractivity contribution < 1.29 is 9.31 Å². The van der Waals surface area contributed by atoms with Crippen LogP contribution in [0.1, 0.15) is 39.0 Å². The second-order valence-corrected chi connectivity index (χ2v) is 5.85. The van der Waals surface area contributed by atoms with Crippen LogP contribution in [0.4, 0.5) is 5.69 Å². The van der Waals surface area contributed by atoms with Gasteiger partial charge < -0.3 is 4.74 Å². The van der Waals surface area contributed by atoms with Crippen LogP contribution in [0.15, 0.2) is 29.4 Å². The summed E-state index contributed by atoms with van der Waals surface area (Å²) in [5.41, 5.74) is 9.99. The highest BCUT2D eigenvalue weighted by atomic mass is 16.5. The molecule has 1 heterocycles. The Kier molecular flexibility index (Phi) is 7.09.